The average Bonchev–Trinajstić information content (AvgIpc) is 2.76. The smallest absolute Gasteiger partial charge is 0.269 e. The summed E-state index contributed by atoms with van der Waals surface area (Å²) in [6, 6.07) is 17.4. The van der Waals surface area contributed by atoms with Crippen LogP contribution < -0.4 is 9.47 Å². The molecule has 0 saturated carbocycles. The quantitative estimate of drug-likeness (QED) is 0.174. The number of nitro groups is 1. The fourth-order valence-electron chi connectivity index (χ4n) is 2.84. The van der Waals surface area contributed by atoms with Gasteiger partial charge in [0.25, 0.3) is 5.69 Å². The summed E-state index contributed by atoms with van der Waals surface area (Å²) in [6.07, 6.45) is 1.63. The van der Waals surface area contributed by atoms with Gasteiger partial charge in [-0.15, -0.1) is 0 Å². The van der Waals surface area contributed by atoms with Gasteiger partial charge in [0.2, 0.25) is 0 Å². The summed E-state index contributed by atoms with van der Waals surface area (Å²) in [5.74, 6) is 0.453. The van der Waals surface area contributed by atoms with Crippen LogP contribution in [-0.2, 0) is 6.61 Å². The number of rotatable bonds is 7. The predicted molar refractivity (Wildman–Crippen MR) is 118 cm³/mol. The molecule has 0 atom stereocenters. The van der Waals surface area contributed by atoms with Crippen molar-refractivity contribution in [1.29, 1.82) is 5.26 Å². The third kappa shape index (κ3) is 5.47. The zero-order chi connectivity index (χ0) is 22.4. The van der Waals surface area contributed by atoms with Crippen LogP contribution in [-0.4, -0.2) is 12.0 Å². The van der Waals surface area contributed by atoms with E-state index in [0.29, 0.717) is 32.7 Å². The Morgan fingerprint density at radius 2 is 1.97 bits per heavy atom. The summed E-state index contributed by atoms with van der Waals surface area (Å²) < 4.78 is 25.4. The zero-order valence-corrected chi connectivity index (χ0v) is 17.9. The van der Waals surface area contributed by atoms with Gasteiger partial charge in [-0.2, -0.15) is 5.26 Å². The van der Waals surface area contributed by atoms with Gasteiger partial charge in [-0.05, 0) is 75.1 Å². The van der Waals surface area contributed by atoms with Crippen LogP contribution in [0.5, 0.6) is 11.5 Å². The molecule has 0 bridgehead atoms. The van der Waals surface area contributed by atoms with E-state index in [1.165, 1.54) is 31.4 Å². The SMILES string of the molecule is COc1cc(/C=C(/C#N)c2cccc(F)c2)cc(Br)c1OCc1ccc([N+](=O)[O-])cc1. The normalized spacial score (nSPS) is 11.0. The number of halogens is 2. The van der Waals surface area contributed by atoms with Gasteiger partial charge in [0.1, 0.15) is 12.4 Å². The maximum atomic E-state index is 13.5. The molecule has 3 aromatic rings. The second-order valence-electron chi connectivity index (χ2n) is 6.43. The van der Waals surface area contributed by atoms with E-state index in [1.54, 1.807) is 42.5 Å². The Hall–Kier alpha value is -3.70. The molecule has 0 fully saturated rings. The first kappa shape index (κ1) is 22.0. The third-order valence-corrected chi connectivity index (χ3v) is 4.94. The van der Waals surface area contributed by atoms with Crippen LogP contribution in [0, 0.1) is 27.3 Å². The molecular weight excluding hydrogens is 467 g/mol. The van der Waals surface area contributed by atoms with E-state index >= 15 is 0 Å². The maximum Gasteiger partial charge on any atom is 0.269 e. The van der Waals surface area contributed by atoms with Gasteiger partial charge in [0.05, 0.1) is 28.1 Å². The molecule has 0 saturated heterocycles. The summed E-state index contributed by atoms with van der Waals surface area (Å²) in [6.45, 7) is 0.175. The second-order valence-corrected chi connectivity index (χ2v) is 7.28. The first-order chi connectivity index (χ1) is 14.9. The summed E-state index contributed by atoms with van der Waals surface area (Å²) in [5, 5.41) is 20.3. The number of nitriles is 1. The van der Waals surface area contributed by atoms with Gasteiger partial charge in [-0.25, -0.2) is 4.39 Å². The van der Waals surface area contributed by atoms with Crippen molar-refractivity contribution in [2.24, 2.45) is 0 Å². The molecule has 0 aliphatic heterocycles. The Balaban J connectivity index is 1.86. The Morgan fingerprint density at radius 3 is 2.58 bits per heavy atom. The first-order valence-electron chi connectivity index (χ1n) is 9.02. The molecule has 3 rings (SSSR count). The monoisotopic (exact) mass is 482 g/mol. The summed E-state index contributed by atoms with van der Waals surface area (Å²) in [5.41, 5.74) is 2.18. The molecule has 0 aromatic heterocycles. The number of nitro benzene ring substituents is 1. The second kappa shape index (κ2) is 9.87. The van der Waals surface area contributed by atoms with Crippen LogP contribution in [0.3, 0.4) is 0 Å². The van der Waals surface area contributed by atoms with Crippen molar-refractivity contribution in [2.75, 3.05) is 7.11 Å². The summed E-state index contributed by atoms with van der Waals surface area (Å²) in [7, 11) is 1.49. The fraction of sp³-hybridized carbons (Fsp3) is 0.0870. The molecule has 31 heavy (non-hydrogen) atoms. The van der Waals surface area contributed by atoms with Crippen molar-refractivity contribution < 1.29 is 18.8 Å². The highest BCUT2D eigenvalue weighted by Gasteiger charge is 2.13. The van der Waals surface area contributed by atoms with Crippen LogP contribution in [0.25, 0.3) is 11.6 Å². The Morgan fingerprint density at radius 1 is 1.23 bits per heavy atom. The molecule has 8 heteroatoms. The lowest BCUT2D eigenvalue weighted by atomic mass is 10.0. The summed E-state index contributed by atoms with van der Waals surface area (Å²) >= 11 is 3.46. The standard InChI is InChI=1S/C23H16BrFN2O4/c1-30-22-11-16(9-18(13-26)17-3-2-4-19(25)12-17)10-21(24)23(22)31-14-15-5-7-20(8-6-15)27(28)29/h2-12H,14H2,1H3/b18-9-. The maximum absolute atomic E-state index is 13.5. The molecule has 0 N–H and O–H groups in total. The van der Waals surface area contributed by atoms with Gasteiger partial charge >= 0.3 is 0 Å². The summed E-state index contributed by atoms with van der Waals surface area (Å²) in [4.78, 5) is 10.3. The fourth-order valence-corrected chi connectivity index (χ4v) is 3.41. The molecule has 156 valence electrons. The molecule has 3 aromatic carbocycles. The number of allylic oxidation sites excluding steroid dienone is 1. The lowest BCUT2D eigenvalue weighted by Crippen LogP contribution is -1.99. The highest BCUT2D eigenvalue weighted by Crippen LogP contribution is 2.38. The Kier molecular flexibility index (Phi) is 7.00. The minimum atomic E-state index is -0.462. The van der Waals surface area contributed by atoms with Crippen molar-refractivity contribution >= 4 is 33.3 Å². The average molecular weight is 483 g/mol. The number of benzene rings is 3. The van der Waals surface area contributed by atoms with Gasteiger partial charge in [0, 0.05) is 12.1 Å². The molecule has 0 amide bonds. The molecule has 0 unspecified atom stereocenters. The lowest BCUT2D eigenvalue weighted by Gasteiger charge is -2.14. The highest BCUT2D eigenvalue weighted by atomic mass is 79.9. The van der Waals surface area contributed by atoms with Crippen LogP contribution in [0.4, 0.5) is 10.1 Å². The number of nitrogens with zero attached hydrogens (tertiary/aromatic N) is 2. The van der Waals surface area contributed by atoms with Gasteiger partial charge in [0.15, 0.2) is 11.5 Å². The number of non-ortho nitro benzene ring substituents is 1. The van der Waals surface area contributed by atoms with Gasteiger partial charge in [-0.1, -0.05) is 12.1 Å². The van der Waals surface area contributed by atoms with E-state index in [-0.39, 0.29) is 12.3 Å². The predicted octanol–water partition coefficient (Wildman–Crippen LogP) is 6.15. The number of ether oxygens (including phenoxy) is 2. The van der Waals surface area contributed by atoms with Crippen molar-refractivity contribution in [3.05, 3.63) is 97.8 Å². The van der Waals surface area contributed by atoms with E-state index in [1.807, 2.05) is 0 Å². The van der Waals surface area contributed by atoms with Crippen molar-refractivity contribution in [3.63, 3.8) is 0 Å². The van der Waals surface area contributed by atoms with Crippen LogP contribution in [0.2, 0.25) is 0 Å². The van der Waals surface area contributed by atoms with Gasteiger partial charge < -0.3 is 9.47 Å². The number of hydrogen-bond acceptors (Lipinski definition) is 5. The third-order valence-electron chi connectivity index (χ3n) is 4.35. The minimum absolute atomic E-state index is 0.00486. The topological polar surface area (TPSA) is 85.4 Å². The van der Waals surface area contributed by atoms with Crippen molar-refractivity contribution in [2.45, 2.75) is 6.61 Å². The molecule has 6 nitrogen and oxygen atoms in total. The van der Waals surface area contributed by atoms with Crippen LogP contribution in [0.1, 0.15) is 16.7 Å². The van der Waals surface area contributed by atoms with Crippen LogP contribution in [0.15, 0.2) is 65.1 Å². The lowest BCUT2D eigenvalue weighted by molar-refractivity contribution is -0.384. The van der Waals surface area contributed by atoms with E-state index in [2.05, 4.69) is 22.0 Å². The van der Waals surface area contributed by atoms with Crippen LogP contribution >= 0.6 is 15.9 Å². The molecule has 0 aliphatic carbocycles. The van der Waals surface area contributed by atoms with E-state index in [9.17, 15) is 19.8 Å². The van der Waals surface area contributed by atoms with Gasteiger partial charge in [-0.3, -0.25) is 10.1 Å². The minimum Gasteiger partial charge on any atom is -0.493 e. The largest absolute Gasteiger partial charge is 0.493 e. The Labute approximate surface area is 186 Å². The molecule has 0 aliphatic rings. The van der Waals surface area contributed by atoms with Crippen molar-refractivity contribution in [3.8, 4) is 17.6 Å². The van der Waals surface area contributed by atoms with E-state index < -0.39 is 10.7 Å². The first-order valence-corrected chi connectivity index (χ1v) is 9.82. The number of hydrogen-bond donors (Lipinski definition) is 0. The molecule has 0 spiro atoms. The molecule has 0 heterocycles. The van der Waals surface area contributed by atoms with E-state index in [4.69, 9.17) is 9.47 Å². The molecule has 0 radical (unpaired) electrons. The Bertz CT molecular complexity index is 1190. The zero-order valence-electron chi connectivity index (χ0n) is 16.3. The van der Waals surface area contributed by atoms with E-state index in [0.717, 1.165) is 5.56 Å². The molecular formula is C23H16BrFN2O4. The highest BCUT2D eigenvalue weighted by molar-refractivity contribution is 9.10. The number of methoxy groups -OCH3 is 1. The van der Waals surface area contributed by atoms with Crippen molar-refractivity contribution in [1.82, 2.24) is 0 Å².